The number of ether oxygens (including phenoxy) is 1. The summed E-state index contributed by atoms with van der Waals surface area (Å²) < 4.78 is 25.5. The third-order valence-electron chi connectivity index (χ3n) is 4.17. The summed E-state index contributed by atoms with van der Waals surface area (Å²) in [5.74, 6) is -0.392. The van der Waals surface area contributed by atoms with Crippen molar-refractivity contribution >= 4 is 11.8 Å². The highest BCUT2D eigenvalue weighted by atomic mass is 19.1. The van der Waals surface area contributed by atoms with Crippen molar-refractivity contribution in [1.82, 2.24) is 9.78 Å². The highest BCUT2D eigenvalue weighted by Crippen LogP contribution is 2.18. The first-order valence-electron chi connectivity index (χ1n) is 8.77. The highest BCUT2D eigenvalue weighted by molar-refractivity contribution is 6.09. The molecule has 0 aliphatic heterocycles. The van der Waals surface area contributed by atoms with Crippen LogP contribution in [0.4, 0.5) is 4.39 Å². The van der Waals surface area contributed by atoms with E-state index in [1.807, 2.05) is 0 Å². The van der Waals surface area contributed by atoms with Crippen molar-refractivity contribution in [3.8, 4) is 5.75 Å². The molecule has 4 rings (SSSR count). The van der Waals surface area contributed by atoms with Gasteiger partial charge in [0.15, 0.2) is 5.78 Å². The van der Waals surface area contributed by atoms with Crippen molar-refractivity contribution in [3.63, 3.8) is 0 Å². The molecule has 0 bridgehead atoms. The van der Waals surface area contributed by atoms with E-state index in [9.17, 15) is 14.0 Å². The van der Waals surface area contributed by atoms with Gasteiger partial charge in [0.05, 0.1) is 6.54 Å². The van der Waals surface area contributed by atoms with Gasteiger partial charge in [-0.05, 0) is 66.7 Å². The lowest BCUT2D eigenvalue weighted by molar-refractivity contribution is 0.0699. The smallest absolute Gasteiger partial charge is 0.379 e. The number of aromatic nitrogens is 2. The van der Waals surface area contributed by atoms with E-state index >= 15 is 0 Å². The Morgan fingerprint density at radius 3 is 2.31 bits per heavy atom. The zero-order chi connectivity index (χ0) is 20.2. The van der Waals surface area contributed by atoms with Crippen molar-refractivity contribution in [1.29, 1.82) is 0 Å². The zero-order valence-corrected chi connectivity index (χ0v) is 15.1. The molecule has 0 saturated carbocycles. The van der Waals surface area contributed by atoms with Crippen LogP contribution in [0, 0.1) is 5.82 Å². The number of carbonyl (C=O) groups excluding carboxylic acids is 2. The highest BCUT2D eigenvalue weighted by Gasteiger charge is 2.15. The quantitative estimate of drug-likeness (QED) is 0.281. The largest absolute Gasteiger partial charge is 0.452 e. The Bertz CT molecular complexity index is 1130. The van der Waals surface area contributed by atoms with Gasteiger partial charge in [0.2, 0.25) is 5.76 Å². The zero-order valence-electron chi connectivity index (χ0n) is 15.1. The van der Waals surface area contributed by atoms with Crippen LogP contribution in [0.5, 0.6) is 5.75 Å². The van der Waals surface area contributed by atoms with Crippen LogP contribution in [0.15, 0.2) is 83.5 Å². The molecular weight excluding hydrogens is 375 g/mol. The van der Waals surface area contributed by atoms with Gasteiger partial charge in [0.25, 0.3) is 0 Å². The van der Waals surface area contributed by atoms with E-state index in [1.54, 1.807) is 41.3 Å². The Morgan fingerprint density at radius 2 is 1.66 bits per heavy atom. The van der Waals surface area contributed by atoms with Crippen LogP contribution in [-0.2, 0) is 6.54 Å². The monoisotopic (exact) mass is 390 g/mol. The van der Waals surface area contributed by atoms with Crippen molar-refractivity contribution in [2.24, 2.45) is 0 Å². The van der Waals surface area contributed by atoms with Gasteiger partial charge in [-0.3, -0.25) is 9.48 Å². The van der Waals surface area contributed by atoms with E-state index in [4.69, 9.17) is 9.15 Å². The van der Waals surface area contributed by atoms with E-state index in [2.05, 4.69) is 5.10 Å². The predicted molar refractivity (Wildman–Crippen MR) is 101 cm³/mol. The molecule has 0 saturated heterocycles. The molecule has 7 heteroatoms. The number of ketones is 1. The Hall–Kier alpha value is -4.00. The Kier molecular flexibility index (Phi) is 5.03. The molecule has 2 aromatic carbocycles. The summed E-state index contributed by atoms with van der Waals surface area (Å²) in [5, 5.41) is 4.08. The molecule has 2 aromatic heterocycles. The second-order valence-electron chi connectivity index (χ2n) is 6.22. The predicted octanol–water partition coefficient (Wildman–Crippen LogP) is 4.11. The summed E-state index contributed by atoms with van der Waals surface area (Å²) in [7, 11) is 0. The Balaban J connectivity index is 1.40. The van der Waals surface area contributed by atoms with Gasteiger partial charge in [-0.2, -0.15) is 5.10 Å². The molecule has 0 N–H and O–H groups in total. The SMILES string of the molecule is O=C(c1ccc(F)cc1)c1ccc(OC(=O)c2ccc(Cn3cccn3)o2)cc1. The number of hydrogen-bond acceptors (Lipinski definition) is 5. The first-order chi connectivity index (χ1) is 14.1. The number of carbonyl (C=O) groups is 2. The molecule has 0 atom stereocenters. The number of halogens is 1. The van der Waals surface area contributed by atoms with Crippen molar-refractivity contribution in [3.05, 3.63) is 108 Å². The molecule has 0 radical (unpaired) electrons. The average Bonchev–Trinajstić information content (AvgIpc) is 3.41. The van der Waals surface area contributed by atoms with Crippen LogP contribution in [0.1, 0.15) is 32.2 Å². The van der Waals surface area contributed by atoms with Gasteiger partial charge in [0, 0.05) is 23.5 Å². The van der Waals surface area contributed by atoms with Gasteiger partial charge < -0.3 is 9.15 Å². The van der Waals surface area contributed by atoms with Crippen LogP contribution >= 0.6 is 0 Å². The molecule has 2 heterocycles. The first-order valence-corrected chi connectivity index (χ1v) is 8.77. The van der Waals surface area contributed by atoms with Gasteiger partial charge >= 0.3 is 5.97 Å². The molecule has 6 nitrogen and oxygen atoms in total. The summed E-state index contributed by atoms with van der Waals surface area (Å²) in [6.45, 7) is 0.403. The van der Waals surface area contributed by atoms with Crippen molar-refractivity contribution in [2.75, 3.05) is 0 Å². The number of esters is 1. The second kappa shape index (κ2) is 7.93. The maximum Gasteiger partial charge on any atom is 0.379 e. The van der Waals surface area contributed by atoms with Crippen LogP contribution in [-0.4, -0.2) is 21.5 Å². The Labute approximate surface area is 165 Å². The summed E-state index contributed by atoms with van der Waals surface area (Å²) in [6.07, 6.45) is 3.44. The number of nitrogens with zero attached hydrogens (tertiary/aromatic N) is 2. The lowest BCUT2D eigenvalue weighted by atomic mass is 10.0. The minimum atomic E-state index is -0.644. The van der Waals surface area contributed by atoms with Crippen LogP contribution in [0.2, 0.25) is 0 Å². The molecule has 0 aliphatic carbocycles. The topological polar surface area (TPSA) is 74.3 Å². The summed E-state index contributed by atoms with van der Waals surface area (Å²) >= 11 is 0. The second-order valence-corrected chi connectivity index (χ2v) is 6.22. The van der Waals surface area contributed by atoms with E-state index < -0.39 is 11.8 Å². The fourth-order valence-electron chi connectivity index (χ4n) is 2.73. The fourth-order valence-corrected chi connectivity index (χ4v) is 2.73. The fraction of sp³-hybridized carbons (Fsp3) is 0.0455. The lowest BCUT2D eigenvalue weighted by Crippen LogP contribution is -2.08. The molecule has 4 aromatic rings. The summed E-state index contributed by atoms with van der Waals surface area (Å²) in [6, 6.07) is 16.4. The molecule has 0 fully saturated rings. The number of furan rings is 1. The maximum atomic E-state index is 13.0. The molecule has 0 aliphatic rings. The number of hydrogen-bond donors (Lipinski definition) is 0. The van der Waals surface area contributed by atoms with E-state index in [-0.39, 0.29) is 17.3 Å². The van der Waals surface area contributed by atoms with E-state index in [0.29, 0.717) is 23.4 Å². The van der Waals surface area contributed by atoms with Crippen LogP contribution < -0.4 is 4.74 Å². The van der Waals surface area contributed by atoms with E-state index in [0.717, 1.165) is 0 Å². The number of benzene rings is 2. The molecular formula is C22H15FN2O4. The lowest BCUT2D eigenvalue weighted by Gasteiger charge is -2.05. The average molecular weight is 390 g/mol. The normalized spacial score (nSPS) is 10.7. The molecule has 0 amide bonds. The molecule has 29 heavy (non-hydrogen) atoms. The third-order valence-corrected chi connectivity index (χ3v) is 4.17. The Morgan fingerprint density at radius 1 is 0.966 bits per heavy atom. The molecule has 144 valence electrons. The van der Waals surface area contributed by atoms with Gasteiger partial charge in [0.1, 0.15) is 17.3 Å². The van der Waals surface area contributed by atoms with Gasteiger partial charge in [-0.15, -0.1) is 0 Å². The van der Waals surface area contributed by atoms with Gasteiger partial charge in [-0.25, -0.2) is 9.18 Å². The summed E-state index contributed by atoms with van der Waals surface area (Å²) in [5.41, 5.74) is 0.771. The van der Waals surface area contributed by atoms with Crippen molar-refractivity contribution < 1.29 is 23.1 Å². The third kappa shape index (κ3) is 4.30. The minimum Gasteiger partial charge on any atom is -0.452 e. The minimum absolute atomic E-state index is 0.0682. The molecule has 0 unspecified atom stereocenters. The number of rotatable bonds is 6. The van der Waals surface area contributed by atoms with Gasteiger partial charge in [-0.1, -0.05) is 0 Å². The first kappa shape index (κ1) is 18.4. The van der Waals surface area contributed by atoms with Crippen LogP contribution in [0.3, 0.4) is 0 Å². The maximum absolute atomic E-state index is 13.0. The standard InChI is InChI=1S/C22H15FN2O4/c23-17-6-2-15(3-7-17)21(26)16-4-8-18(9-5-16)29-22(27)20-11-10-19(28-20)14-25-13-1-12-24-25/h1-13H,14H2. The summed E-state index contributed by atoms with van der Waals surface area (Å²) in [4.78, 5) is 24.7. The van der Waals surface area contributed by atoms with Crippen molar-refractivity contribution in [2.45, 2.75) is 6.54 Å². The van der Waals surface area contributed by atoms with E-state index in [1.165, 1.54) is 42.5 Å². The molecule has 0 spiro atoms. The van der Waals surface area contributed by atoms with Crippen LogP contribution in [0.25, 0.3) is 0 Å².